The van der Waals surface area contributed by atoms with E-state index in [1.165, 1.54) is 12.1 Å². The van der Waals surface area contributed by atoms with Crippen molar-refractivity contribution in [1.82, 2.24) is 9.55 Å². The largest absolute Gasteiger partial charge is 0.328 e. The molecule has 0 saturated heterocycles. The van der Waals surface area contributed by atoms with Crippen molar-refractivity contribution in [2.24, 2.45) is 7.05 Å². The molecule has 1 heterocycles. The van der Waals surface area contributed by atoms with Crippen LogP contribution in [0.15, 0.2) is 28.1 Å². The number of hydrogen-bond donors (Lipinski definition) is 0. The quantitative estimate of drug-likeness (QED) is 0.805. The molecule has 0 bridgehead atoms. The number of nitrogens with zero attached hydrogens (tertiary/aromatic N) is 2. The van der Waals surface area contributed by atoms with Crippen molar-refractivity contribution < 1.29 is 13.6 Å². The van der Waals surface area contributed by atoms with Gasteiger partial charge in [0.25, 0.3) is 0 Å². The number of halogens is 2. The number of rotatable bonds is 4. The first-order valence-electron chi connectivity index (χ1n) is 6.08. The predicted octanol–water partition coefficient (Wildman–Crippen LogP) is 3.79. The second-order valence-electron chi connectivity index (χ2n) is 4.70. The summed E-state index contributed by atoms with van der Waals surface area (Å²) in [6.07, 6.45) is 0.669. The molecule has 6 heteroatoms. The molecule has 0 spiro atoms. The van der Waals surface area contributed by atoms with Crippen molar-refractivity contribution in [3.63, 3.8) is 0 Å². The Balaban J connectivity index is 2.45. The Morgan fingerprint density at radius 1 is 1.25 bits per heavy atom. The third-order valence-corrected chi connectivity index (χ3v) is 3.81. The van der Waals surface area contributed by atoms with Gasteiger partial charge in [-0.1, -0.05) is 25.6 Å². The van der Waals surface area contributed by atoms with Gasteiger partial charge in [-0.05, 0) is 18.1 Å². The molecule has 0 saturated carbocycles. The minimum Gasteiger partial charge on any atom is -0.328 e. The van der Waals surface area contributed by atoms with Crippen LogP contribution < -0.4 is 0 Å². The van der Waals surface area contributed by atoms with Crippen LogP contribution in [0.25, 0.3) is 0 Å². The molecule has 0 aliphatic carbocycles. The van der Waals surface area contributed by atoms with E-state index in [-0.39, 0.29) is 5.92 Å². The molecule has 0 unspecified atom stereocenters. The van der Waals surface area contributed by atoms with Crippen LogP contribution in [0, 0.1) is 11.6 Å². The highest BCUT2D eigenvalue weighted by atomic mass is 32.2. The molecule has 20 heavy (non-hydrogen) atoms. The molecular weight excluding hydrogens is 282 g/mol. The normalized spacial score (nSPS) is 11.1. The number of carbonyl (C=O) groups excluding carboxylic acids is 1. The molecule has 0 atom stereocenters. The second-order valence-corrected chi connectivity index (χ2v) is 5.76. The summed E-state index contributed by atoms with van der Waals surface area (Å²) in [5.41, 5.74) is 0.863. The molecule has 106 valence electrons. The molecule has 3 nitrogen and oxygen atoms in total. The topological polar surface area (TPSA) is 34.9 Å². The van der Waals surface area contributed by atoms with Gasteiger partial charge in [0.15, 0.2) is 12.1 Å². The van der Waals surface area contributed by atoms with Gasteiger partial charge in [0.05, 0.1) is 5.69 Å². The second kappa shape index (κ2) is 5.75. The number of hydrogen-bond acceptors (Lipinski definition) is 3. The molecule has 1 aromatic heterocycles. The fourth-order valence-corrected chi connectivity index (χ4v) is 3.20. The van der Waals surface area contributed by atoms with Crippen LogP contribution in [0.4, 0.5) is 8.78 Å². The zero-order valence-electron chi connectivity index (χ0n) is 11.4. The molecule has 0 radical (unpaired) electrons. The van der Waals surface area contributed by atoms with Crippen molar-refractivity contribution in [1.29, 1.82) is 0 Å². The van der Waals surface area contributed by atoms with Gasteiger partial charge in [-0.2, -0.15) is 0 Å². The highest BCUT2D eigenvalue weighted by Crippen LogP contribution is 2.34. The first-order chi connectivity index (χ1) is 9.42. The first-order valence-corrected chi connectivity index (χ1v) is 6.89. The van der Waals surface area contributed by atoms with Crippen molar-refractivity contribution in [2.45, 2.75) is 29.7 Å². The van der Waals surface area contributed by atoms with Crippen molar-refractivity contribution in [3.05, 3.63) is 41.4 Å². The van der Waals surface area contributed by atoms with Gasteiger partial charge >= 0.3 is 0 Å². The van der Waals surface area contributed by atoms with Gasteiger partial charge < -0.3 is 4.57 Å². The smallest absolute Gasteiger partial charge is 0.185 e. The average molecular weight is 296 g/mol. The van der Waals surface area contributed by atoms with Crippen molar-refractivity contribution in [3.8, 4) is 0 Å². The summed E-state index contributed by atoms with van der Waals surface area (Å²) in [4.78, 5) is 15.6. The van der Waals surface area contributed by atoms with Gasteiger partial charge in [0.1, 0.15) is 16.7 Å². The van der Waals surface area contributed by atoms with Crippen LogP contribution >= 0.6 is 11.8 Å². The van der Waals surface area contributed by atoms with Gasteiger partial charge in [0.2, 0.25) is 0 Å². The monoisotopic (exact) mass is 296 g/mol. The van der Waals surface area contributed by atoms with Gasteiger partial charge in [0, 0.05) is 18.0 Å². The zero-order chi connectivity index (χ0) is 14.9. The third kappa shape index (κ3) is 2.90. The number of carbonyl (C=O) groups is 1. The summed E-state index contributed by atoms with van der Waals surface area (Å²) >= 11 is 1.15. The summed E-state index contributed by atoms with van der Waals surface area (Å²) < 4.78 is 28.1. The summed E-state index contributed by atoms with van der Waals surface area (Å²) in [5, 5.41) is 0.592. The van der Waals surface area contributed by atoms with E-state index in [1.54, 1.807) is 11.6 Å². The molecule has 0 fully saturated rings. The summed E-state index contributed by atoms with van der Waals surface area (Å²) in [6.45, 7) is 3.95. The Labute approximate surface area is 120 Å². The fourth-order valence-electron chi connectivity index (χ4n) is 2.02. The molecule has 2 aromatic rings. The number of aldehydes is 1. The molecule has 2 rings (SSSR count). The maximum atomic E-state index is 13.2. The van der Waals surface area contributed by atoms with Crippen LogP contribution in [0.5, 0.6) is 0 Å². The summed E-state index contributed by atoms with van der Waals surface area (Å²) in [7, 11) is 1.75. The van der Waals surface area contributed by atoms with Crippen molar-refractivity contribution >= 4 is 18.0 Å². The lowest BCUT2D eigenvalue weighted by Gasteiger charge is -2.09. The van der Waals surface area contributed by atoms with E-state index in [1.807, 2.05) is 13.8 Å². The minimum absolute atomic E-state index is 0.141. The SMILES string of the molecule is CC(C)c1c(Sc2cc(F)cc(F)c2)nc(C=O)n1C. The minimum atomic E-state index is -0.634. The Kier molecular flexibility index (Phi) is 4.23. The Morgan fingerprint density at radius 2 is 1.85 bits per heavy atom. The van der Waals surface area contributed by atoms with Crippen LogP contribution in [0.3, 0.4) is 0 Å². The number of aromatic nitrogens is 2. The molecule has 0 N–H and O–H groups in total. The van der Waals surface area contributed by atoms with E-state index in [4.69, 9.17) is 0 Å². The van der Waals surface area contributed by atoms with Crippen molar-refractivity contribution in [2.75, 3.05) is 0 Å². The molecule has 0 amide bonds. The third-order valence-electron chi connectivity index (χ3n) is 2.84. The first kappa shape index (κ1) is 14.7. The van der Waals surface area contributed by atoms with E-state index < -0.39 is 11.6 Å². The van der Waals surface area contributed by atoms with E-state index in [2.05, 4.69) is 4.98 Å². The van der Waals surface area contributed by atoms with E-state index in [9.17, 15) is 13.6 Å². The maximum absolute atomic E-state index is 13.2. The van der Waals surface area contributed by atoms with Gasteiger partial charge in [-0.15, -0.1) is 0 Å². The standard InChI is InChI=1S/C14H14F2N2OS/c1-8(2)13-14(17-12(7-19)18(13)3)20-11-5-9(15)4-10(16)6-11/h4-8H,1-3H3. The summed E-state index contributed by atoms with van der Waals surface area (Å²) in [5.74, 6) is -0.828. The van der Waals surface area contributed by atoms with Crippen LogP contribution in [0.2, 0.25) is 0 Å². The van der Waals surface area contributed by atoms with Gasteiger partial charge in [-0.3, -0.25) is 4.79 Å². The lowest BCUT2D eigenvalue weighted by Crippen LogP contribution is -2.02. The Bertz CT molecular complexity index is 633. The molecular formula is C14H14F2N2OS. The average Bonchev–Trinajstić information content (AvgIpc) is 2.64. The van der Waals surface area contributed by atoms with Crippen LogP contribution in [0.1, 0.15) is 36.1 Å². The molecule has 0 aliphatic heterocycles. The lowest BCUT2D eigenvalue weighted by molar-refractivity contribution is 0.111. The Hall–Kier alpha value is -1.69. The summed E-state index contributed by atoms with van der Waals surface area (Å²) in [6, 6.07) is 3.31. The number of imidazole rings is 1. The maximum Gasteiger partial charge on any atom is 0.185 e. The lowest BCUT2D eigenvalue weighted by atomic mass is 10.1. The highest BCUT2D eigenvalue weighted by Gasteiger charge is 2.18. The van der Waals surface area contributed by atoms with E-state index in [0.29, 0.717) is 22.0 Å². The Morgan fingerprint density at radius 3 is 2.35 bits per heavy atom. The van der Waals surface area contributed by atoms with Crippen LogP contribution in [-0.2, 0) is 7.05 Å². The zero-order valence-corrected chi connectivity index (χ0v) is 12.2. The van der Waals surface area contributed by atoms with E-state index >= 15 is 0 Å². The molecule has 0 aliphatic rings. The fraction of sp³-hybridized carbons (Fsp3) is 0.286. The molecule has 1 aromatic carbocycles. The van der Waals surface area contributed by atoms with Crippen LogP contribution in [-0.4, -0.2) is 15.8 Å². The highest BCUT2D eigenvalue weighted by molar-refractivity contribution is 7.99. The predicted molar refractivity (Wildman–Crippen MR) is 73.2 cm³/mol. The van der Waals surface area contributed by atoms with Gasteiger partial charge in [-0.25, -0.2) is 13.8 Å². The number of benzene rings is 1. The van der Waals surface area contributed by atoms with E-state index in [0.717, 1.165) is 23.5 Å².